The van der Waals surface area contributed by atoms with Crippen molar-refractivity contribution in [2.45, 2.75) is 13.3 Å². The van der Waals surface area contributed by atoms with Crippen molar-refractivity contribution < 1.29 is 14.4 Å². The summed E-state index contributed by atoms with van der Waals surface area (Å²) in [4.78, 5) is 32.8. The van der Waals surface area contributed by atoms with E-state index < -0.39 is 0 Å². The number of hydrogen-bond donors (Lipinski definition) is 2. The molecule has 3 amide bonds. The van der Waals surface area contributed by atoms with E-state index in [1.807, 2.05) is 0 Å². The lowest BCUT2D eigenvalue weighted by atomic mass is 10.3. The summed E-state index contributed by atoms with van der Waals surface area (Å²) in [6.07, 6.45) is 3.20. The number of nitrogens with one attached hydrogen (secondary N) is 2. The van der Waals surface area contributed by atoms with E-state index in [-0.39, 0.29) is 18.2 Å². The zero-order chi connectivity index (χ0) is 12.1. The van der Waals surface area contributed by atoms with E-state index in [0.717, 1.165) is 0 Å². The first-order chi connectivity index (χ1) is 7.56. The first kappa shape index (κ1) is 12.4. The number of amides is 3. The summed E-state index contributed by atoms with van der Waals surface area (Å²) < 4.78 is 1.32. The highest BCUT2D eigenvalue weighted by molar-refractivity contribution is 7.15. The van der Waals surface area contributed by atoms with Gasteiger partial charge in [0.25, 0.3) is 0 Å². The van der Waals surface area contributed by atoms with E-state index in [0.29, 0.717) is 17.8 Å². The molecule has 0 saturated carbocycles. The van der Waals surface area contributed by atoms with Crippen LogP contribution in [0.25, 0.3) is 0 Å². The van der Waals surface area contributed by atoms with Crippen LogP contribution in [-0.2, 0) is 14.4 Å². The smallest absolute Gasteiger partial charge is 0.239 e. The van der Waals surface area contributed by atoms with Crippen molar-refractivity contribution in [1.82, 2.24) is 15.3 Å². The summed E-state index contributed by atoms with van der Waals surface area (Å²) >= 11 is 0. The summed E-state index contributed by atoms with van der Waals surface area (Å²) in [5.74, 6) is -0.674. The van der Waals surface area contributed by atoms with E-state index in [2.05, 4.69) is 20.0 Å². The molecule has 1 heterocycles. The monoisotopic (exact) mass is 241 g/mol. The predicted molar refractivity (Wildman–Crippen MR) is 60.4 cm³/mol. The fourth-order valence-electron chi connectivity index (χ4n) is 1.16. The maximum Gasteiger partial charge on any atom is 0.239 e. The molecule has 1 unspecified atom stereocenters. The number of hydrogen-bond acceptors (Lipinski definition) is 3. The molecule has 0 fully saturated rings. The largest absolute Gasteiger partial charge is 0.335 e. The Bertz CT molecular complexity index is 389. The molecule has 16 heavy (non-hydrogen) atoms. The van der Waals surface area contributed by atoms with Crippen LogP contribution >= 0.6 is 9.39 Å². The molecule has 0 aromatic rings. The fraction of sp³-hybridized carbons (Fsp3) is 0.222. The quantitative estimate of drug-likeness (QED) is 0.401. The molecule has 7 heteroatoms. The lowest BCUT2D eigenvalue weighted by Gasteiger charge is -2.15. The Morgan fingerprint density at radius 3 is 2.81 bits per heavy atom. The second-order valence-corrected chi connectivity index (χ2v) is 3.62. The summed E-state index contributed by atoms with van der Waals surface area (Å²) in [5, 5.41) is 4.89. The third kappa shape index (κ3) is 2.90. The van der Waals surface area contributed by atoms with Crippen molar-refractivity contribution in [3.05, 3.63) is 23.7 Å². The molecule has 6 nitrogen and oxygen atoms in total. The van der Waals surface area contributed by atoms with Gasteiger partial charge in [-0.2, -0.15) is 0 Å². The Labute approximate surface area is 95.0 Å². The van der Waals surface area contributed by atoms with Gasteiger partial charge < -0.3 is 10.6 Å². The lowest BCUT2D eigenvalue weighted by molar-refractivity contribution is -0.130. The Hall–Kier alpha value is -1.68. The van der Waals surface area contributed by atoms with Crippen LogP contribution in [0.15, 0.2) is 23.7 Å². The third-order valence-electron chi connectivity index (χ3n) is 2.02. The molecule has 0 saturated heterocycles. The van der Waals surface area contributed by atoms with Gasteiger partial charge in [0.05, 0.1) is 5.70 Å². The summed E-state index contributed by atoms with van der Waals surface area (Å²) in [5.41, 5.74) is 1.06. The second-order valence-electron chi connectivity index (χ2n) is 3.11. The van der Waals surface area contributed by atoms with Crippen LogP contribution in [0.4, 0.5) is 0 Å². The SMILES string of the molecule is CC1=C(/C=C\NC=O)NC(=O)CC(=O)N1P. The van der Waals surface area contributed by atoms with E-state index in [1.165, 1.54) is 16.9 Å². The molecule has 0 radical (unpaired) electrons. The normalized spacial score (nSPS) is 17.5. The van der Waals surface area contributed by atoms with Crippen molar-refractivity contribution in [1.29, 1.82) is 0 Å². The molecule has 86 valence electrons. The fourth-order valence-corrected chi connectivity index (χ4v) is 1.39. The minimum atomic E-state index is -0.375. The van der Waals surface area contributed by atoms with E-state index >= 15 is 0 Å². The van der Waals surface area contributed by atoms with Gasteiger partial charge >= 0.3 is 0 Å². The van der Waals surface area contributed by atoms with Crippen molar-refractivity contribution in [3.8, 4) is 0 Å². The van der Waals surface area contributed by atoms with Crippen LogP contribution in [0.5, 0.6) is 0 Å². The van der Waals surface area contributed by atoms with Gasteiger partial charge in [-0.3, -0.25) is 19.1 Å². The highest BCUT2D eigenvalue weighted by Crippen LogP contribution is 2.18. The Morgan fingerprint density at radius 1 is 1.50 bits per heavy atom. The Kier molecular flexibility index (Phi) is 4.19. The Balaban J connectivity index is 2.96. The molecule has 0 aromatic heterocycles. The molecule has 2 N–H and O–H groups in total. The summed E-state index contributed by atoms with van der Waals surface area (Å²) in [6.45, 7) is 1.69. The van der Waals surface area contributed by atoms with Gasteiger partial charge in [-0.15, -0.1) is 0 Å². The van der Waals surface area contributed by atoms with Gasteiger partial charge in [0.1, 0.15) is 6.42 Å². The zero-order valence-electron chi connectivity index (χ0n) is 8.69. The molecule has 1 aliphatic heterocycles. The maximum atomic E-state index is 11.4. The molecule has 0 aromatic carbocycles. The number of nitrogens with zero attached hydrogens (tertiary/aromatic N) is 1. The highest BCUT2D eigenvalue weighted by Gasteiger charge is 2.22. The number of carbonyl (C=O) groups excluding carboxylic acids is 3. The number of carbonyl (C=O) groups is 3. The first-order valence-corrected chi connectivity index (χ1v) is 5.02. The standard InChI is InChI=1S/C9H12N3O3P/c1-6-7(2-3-10-5-13)11-8(14)4-9(15)12(6)16/h2-3,5H,4,16H2,1H3,(H,10,13)(H,11,14)/b3-2-. The van der Waals surface area contributed by atoms with Crippen LogP contribution in [0.2, 0.25) is 0 Å². The number of rotatable bonds is 3. The third-order valence-corrected chi connectivity index (χ3v) is 2.70. The molecular weight excluding hydrogens is 229 g/mol. The zero-order valence-corrected chi connectivity index (χ0v) is 9.84. The van der Waals surface area contributed by atoms with Crippen LogP contribution in [0, 0.1) is 0 Å². The van der Waals surface area contributed by atoms with Gasteiger partial charge in [-0.05, 0) is 22.4 Å². The van der Waals surface area contributed by atoms with Gasteiger partial charge in [0.2, 0.25) is 18.2 Å². The molecule has 0 spiro atoms. The van der Waals surface area contributed by atoms with Crippen molar-refractivity contribution in [2.24, 2.45) is 0 Å². The van der Waals surface area contributed by atoms with Gasteiger partial charge in [-0.25, -0.2) is 0 Å². The van der Waals surface area contributed by atoms with Crippen molar-refractivity contribution in [3.63, 3.8) is 0 Å². The average Bonchev–Trinajstić information content (AvgIpc) is 2.32. The summed E-state index contributed by atoms with van der Waals surface area (Å²) in [6, 6.07) is 0. The molecule has 1 atom stereocenters. The highest BCUT2D eigenvalue weighted by atomic mass is 31.0. The molecule has 1 aliphatic rings. The number of allylic oxidation sites excluding steroid dienone is 2. The molecular formula is C9H12N3O3P. The van der Waals surface area contributed by atoms with Crippen LogP contribution in [-0.4, -0.2) is 22.9 Å². The molecule has 0 aliphatic carbocycles. The van der Waals surface area contributed by atoms with E-state index in [4.69, 9.17) is 0 Å². The van der Waals surface area contributed by atoms with Crippen LogP contribution in [0.1, 0.15) is 13.3 Å². The van der Waals surface area contributed by atoms with Gasteiger partial charge in [0, 0.05) is 11.9 Å². The van der Waals surface area contributed by atoms with Crippen LogP contribution in [0.3, 0.4) is 0 Å². The maximum absolute atomic E-state index is 11.4. The summed E-state index contributed by atoms with van der Waals surface area (Å²) in [7, 11) is 2.24. The van der Waals surface area contributed by atoms with Gasteiger partial charge in [0.15, 0.2) is 0 Å². The topological polar surface area (TPSA) is 78.5 Å². The van der Waals surface area contributed by atoms with E-state index in [9.17, 15) is 14.4 Å². The minimum Gasteiger partial charge on any atom is -0.335 e. The molecule has 0 bridgehead atoms. The molecule has 1 rings (SSSR count). The Morgan fingerprint density at radius 2 is 2.19 bits per heavy atom. The predicted octanol–water partition coefficient (Wildman–Crippen LogP) is -0.384. The lowest BCUT2D eigenvalue weighted by Crippen LogP contribution is -2.23. The van der Waals surface area contributed by atoms with Crippen molar-refractivity contribution >= 4 is 27.6 Å². The van der Waals surface area contributed by atoms with E-state index in [1.54, 1.807) is 6.92 Å². The van der Waals surface area contributed by atoms with Crippen LogP contribution < -0.4 is 10.6 Å². The van der Waals surface area contributed by atoms with Gasteiger partial charge in [-0.1, -0.05) is 0 Å². The first-order valence-electron chi connectivity index (χ1n) is 4.51. The average molecular weight is 241 g/mol. The minimum absolute atomic E-state index is 0.195. The van der Waals surface area contributed by atoms with Crippen molar-refractivity contribution in [2.75, 3.05) is 0 Å². The second kappa shape index (κ2) is 5.42.